The molecule has 2 N–H and O–H groups in total. The zero-order valence-electron chi connectivity index (χ0n) is 10.2. The van der Waals surface area contributed by atoms with Gasteiger partial charge in [0.15, 0.2) is 0 Å². The molecule has 0 fully saturated rings. The van der Waals surface area contributed by atoms with Crippen LogP contribution in [0.3, 0.4) is 0 Å². The van der Waals surface area contributed by atoms with E-state index in [1.165, 1.54) is 6.92 Å². The summed E-state index contributed by atoms with van der Waals surface area (Å²) in [5.41, 5.74) is 4.70. The van der Waals surface area contributed by atoms with E-state index in [0.29, 0.717) is 12.1 Å². The first-order valence-corrected chi connectivity index (χ1v) is 7.12. The number of hydrogen-bond donors (Lipinski definition) is 1. The summed E-state index contributed by atoms with van der Waals surface area (Å²) < 4.78 is 74.5. The van der Waals surface area contributed by atoms with E-state index in [9.17, 15) is 26.0 Å². The highest BCUT2D eigenvalue weighted by atomic mass is 35.5. The first-order chi connectivity index (χ1) is 8.99. The highest BCUT2D eigenvalue weighted by Crippen LogP contribution is 2.30. The normalized spacial score (nSPS) is 12.9. The van der Waals surface area contributed by atoms with Gasteiger partial charge in [-0.3, -0.25) is 0 Å². The lowest BCUT2D eigenvalue weighted by Crippen LogP contribution is -2.38. The van der Waals surface area contributed by atoms with Gasteiger partial charge in [-0.25, -0.2) is 12.8 Å². The third-order valence-corrected chi connectivity index (χ3v) is 4.76. The molecule has 0 aliphatic carbocycles. The van der Waals surface area contributed by atoms with Crippen LogP contribution in [-0.4, -0.2) is 32.0 Å². The highest BCUT2D eigenvalue weighted by molar-refractivity contribution is 7.89. The molecule has 114 valence electrons. The molecule has 1 aromatic carbocycles. The number of benzene rings is 1. The van der Waals surface area contributed by atoms with Crippen LogP contribution < -0.4 is 5.73 Å². The van der Waals surface area contributed by atoms with Crippen molar-refractivity contribution < 1.29 is 26.0 Å². The Bertz CT molecular complexity index is 604. The van der Waals surface area contributed by atoms with Gasteiger partial charge >= 0.3 is 6.18 Å². The van der Waals surface area contributed by atoms with Gasteiger partial charge in [0.1, 0.15) is 17.3 Å². The molecule has 4 nitrogen and oxygen atoms in total. The molecule has 0 unspecified atom stereocenters. The smallest absolute Gasteiger partial charge is 0.396 e. The van der Waals surface area contributed by atoms with Gasteiger partial charge in [0, 0.05) is 6.54 Å². The first kappa shape index (κ1) is 17.0. The molecular weight excluding hydrogens is 324 g/mol. The summed E-state index contributed by atoms with van der Waals surface area (Å²) in [6, 6.07) is 1.34. The zero-order chi connectivity index (χ0) is 15.7. The number of halogens is 5. The summed E-state index contributed by atoms with van der Waals surface area (Å²) in [6.45, 7) is -0.848. The zero-order valence-corrected chi connectivity index (χ0v) is 11.8. The van der Waals surface area contributed by atoms with E-state index in [-0.39, 0.29) is 4.31 Å². The number of nitrogens with two attached hydrogens (primary N) is 1. The molecule has 1 rings (SSSR count). The summed E-state index contributed by atoms with van der Waals surface area (Å²) in [6.07, 6.45) is -4.71. The number of nitrogen functional groups attached to an aromatic ring is 1. The van der Waals surface area contributed by atoms with Crippen LogP contribution in [0.2, 0.25) is 5.02 Å². The minimum atomic E-state index is -4.71. The maximum Gasteiger partial charge on any atom is 0.402 e. The summed E-state index contributed by atoms with van der Waals surface area (Å²) in [4.78, 5) is -0.663. The molecule has 0 spiro atoms. The minimum absolute atomic E-state index is 0.186. The molecule has 20 heavy (non-hydrogen) atoms. The van der Waals surface area contributed by atoms with E-state index in [2.05, 4.69) is 0 Å². The number of anilines is 1. The number of rotatable bonds is 4. The van der Waals surface area contributed by atoms with Gasteiger partial charge in [0.25, 0.3) is 0 Å². The molecule has 0 amide bonds. The van der Waals surface area contributed by atoms with E-state index < -0.39 is 50.7 Å². The van der Waals surface area contributed by atoms with Crippen LogP contribution in [0.1, 0.15) is 6.92 Å². The van der Waals surface area contributed by atoms with Crippen LogP contribution in [-0.2, 0) is 10.0 Å². The largest absolute Gasteiger partial charge is 0.402 e. The Labute approximate surface area is 118 Å². The third kappa shape index (κ3) is 3.74. The average Bonchev–Trinajstić information content (AvgIpc) is 2.29. The number of sulfonamides is 1. The van der Waals surface area contributed by atoms with Crippen molar-refractivity contribution >= 4 is 27.3 Å². The Morgan fingerprint density at radius 1 is 1.35 bits per heavy atom. The van der Waals surface area contributed by atoms with Crippen molar-refractivity contribution in [2.75, 3.05) is 18.8 Å². The predicted octanol–water partition coefficient (Wildman–Crippen LogP) is 2.63. The fourth-order valence-electron chi connectivity index (χ4n) is 1.45. The highest BCUT2D eigenvalue weighted by Gasteiger charge is 2.37. The molecule has 0 aromatic heterocycles. The molecule has 0 aliphatic heterocycles. The molecule has 10 heteroatoms. The van der Waals surface area contributed by atoms with Gasteiger partial charge in [0.05, 0.1) is 10.7 Å². The lowest BCUT2D eigenvalue weighted by atomic mass is 10.3. The second-order valence-corrected chi connectivity index (χ2v) is 6.16. The predicted molar refractivity (Wildman–Crippen MR) is 66.3 cm³/mol. The molecule has 0 radical (unpaired) electrons. The number of alkyl halides is 3. The minimum Gasteiger partial charge on any atom is -0.396 e. The van der Waals surface area contributed by atoms with Crippen molar-refractivity contribution in [1.82, 2.24) is 4.31 Å². The molecular formula is C10H11ClF4N2O2S. The van der Waals surface area contributed by atoms with Gasteiger partial charge in [-0.1, -0.05) is 18.5 Å². The van der Waals surface area contributed by atoms with Crippen molar-refractivity contribution in [2.45, 2.75) is 18.0 Å². The fourth-order valence-corrected chi connectivity index (χ4v) is 3.41. The summed E-state index contributed by atoms with van der Waals surface area (Å²) in [7, 11) is -4.52. The van der Waals surface area contributed by atoms with E-state index in [1.807, 2.05) is 0 Å². The third-order valence-electron chi connectivity index (χ3n) is 2.38. The second-order valence-electron chi connectivity index (χ2n) is 3.85. The van der Waals surface area contributed by atoms with Crippen molar-refractivity contribution in [3.63, 3.8) is 0 Å². The van der Waals surface area contributed by atoms with Gasteiger partial charge in [-0.15, -0.1) is 0 Å². The Morgan fingerprint density at radius 3 is 2.35 bits per heavy atom. The van der Waals surface area contributed by atoms with Crippen molar-refractivity contribution in [1.29, 1.82) is 0 Å². The van der Waals surface area contributed by atoms with Crippen LogP contribution in [0.25, 0.3) is 0 Å². The van der Waals surface area contributed by atoms with Gasteiger partial charge in [0.2, 0.25) is 10.0 Å². The Kier molecular flexibility index (Phi) is 4.88. The van der Waals surface area contributed by atoms with Gasteiger partial charge in [-0.2, -0.15) is 17.5 Å². The monoisotopic (exact) mass is 334 g/mol. The second kappa shape index (κ2) is 5.74. The molecule has 0 bridgehead atoms. The molecule has 0 saturated carbocycles. The van der Waals surface area contributed by atoms with Crippen LogP contribution in [0.15, 0.2) is 17.0 Å². The lowest BCUT2D eigenvalue weighted by Gasteiger charge is -2.22. The standard InChI is InChI=1S/C10H11ClF4N2O2S/c1-2-17(5-10(13,14)15)20(18,19)9-4-8(16)7(12)3-6(9)11/h3-4H,2,5,16H2,1H3. The fraction of sp³-hybridized carbons (Fsp3) is 0.400. The number of nitrogens with zero attached hydrogens (tertiary/aromatic N) is 1. The van der Waals surface area contributed by atoms with E-state index in [1.54, 1.807) is 0 Å². The van der Waals surface area contributed by atoms with Crippen LogP contribution in [0.5, 0.6) is 0 Å². The maximum absolute atomic E-state index is 13.1. The average molecular weight is 335 g/mol. The Hall–Kier alpha value is -1.06. The van der Waals surface area contributed by atoms with Crippen molar-refractivity contribution in [3.05, 3.63) is 23.0 Å². The van der Waals surface area contributed by atoms with E-state index >= 15 is 0 Å². The van der Waals surface area contributed by atoms with Crippen molar-refractivity contribution in [2.24, 2.45) is 0 Å². The van der Waals surface area contributed by atoms with Crippen molar-refractivity contribution in [3.8, 4) is 0 Å². The lowest BCUT2D eigenvalue weighted by molar-refractivity contribution is -0.135. The molecule has 0 saturated heterocycles. The van der Waals surface area contributed by atoms with Crippen LogP contribution >= 0.6 is 11.6 Å². The maximum atomic E-state index is 13.1. The number of hydrogen-bond acceptors (Lipinski definition) is 3. The Morgan fingerprint density at radius 2 is 1.90 bits per heavy atom. The van der Waals surface area contributed by atoms with Gasteiger partial charge < -0.3 is 5.73 Å². The quantitative estimate of drug-likeness (QED) is 0.680. The van der Waals surface area contributed by atoms with Crippen LogP contribution in [0.4, 0.5) is 23.2 Å². The SMILES string of the molecule is CCN(CC(F)(F)F)S(=O)(=O)c1cc(N)c(F)cc1Cl. The molecule has 0 atom stereocenters. The van der Waals surface area contributed by atoms with Gasteiger partial charge in [-0.05, 0) is 12.1 Å². The first-order valence-electron chi connectivity index (χ1n) is 5.30. The van der Waals surface area contributed by atoms with Crippen LogP contribution in [0, 0.1) is 5.82 Å². The summed E-state index contributed by atoms with van der Waals surface area (Å²) in [5, 5.41) is -0.530. The summed E-state index contributed by atoms with van der Waals surface area (Å²) >= 11 is 5.58. The molecule has 1 aromatic rings. The van der Waals surface area contributed by atoms with E-state index in [0.717, 1.165) is 0 Å². The van der Waals surface area contributed by atoms with E-state index in [4.69, 9.17) is 17.3 Å². The summed E-state index contributed by atoms with van der Waals surface area (Å²) in [5.74, 6) is -0.951. The molecule has 0 aliphatic rings. The topological polar surface area (TPSA) is 63.4 Å². The molecule has 0 heterocycles. The Balaban J connectivity index is 3.31.